The number of amides is 1. The van der Waals surface area contributed by atoms with E-state index in [1.807, 2.05) is 0 Å². The molecule has 2 aliphatic carbocycles. The molecule has 0 aliphatic heterocycles. The highest BCUT2D eigenvalue weighted by molar-refractivity contribution is 5.87. The van der Waals surface area contributed by atoms with Gasteiger partial charge in [-0.25, -0.2) is 0 Å². The highest BCUT2D eigenvalue weighted by Crippen LogP contribution is 2.33. The number of carbonyl (C=O) groups excluding carboxylic acids is 1. The molecule has 0 bridgehead atoms. The van der Waals surface area contributed by atoms with Crippen LogP contribution in [0.4, 0.5) is 0 Å². The van der Waals surface area contributed by atoms with Crippen LogP contribution in [0, 0.1) is 11.8 Å². The summed E-state index contributed by atoms with van der Waals surface area (Å²) in [4.78, 5) is 11.6. The summed E-state index contributed by atoms with van der Waals surface area (Å²) in [5.74, 6) is 1.67. The van der Waals surface area contributed by atoms with E-state index in [0.717, 1.165) is 24.7 Å². The summed E-state index contributed by atoms with van der Waals surface area (Å²) in [5, 5.41) is 3.10. The van der Waals surface area contributed by atoms with Gasteiger partial charge in [-0.3, -0.25) is 4.79 Å². The highest BCUT2D eigenvalue weighted by atomic mass is 16.1. The predicted octanol–water partition coefficient (Wildman–Crippen LogP) is 5.93. The van der Waals surface area contributed by atoms with Crippen molar-refractivity contribution >= 4 is 5.91 Å². The Morgan fingerprint density at radius 3 is 2.00 bits per heavy atom. The number of carbonyl (C=O) groups is 1. The van der Waals surface area contributed by atoms with Crippen molar-refractivity contribution in [1.29, 1.82) is 0 Å². The summed E-state index contributed by atoms with van der Waals surface area (Å²) < 4.78 is 0. The van der Waals surface area contributed by atoms with Gasteiger partial charge in [0.25, 0.3) is 0 Å². The maximum absolute atomic E-state index is 11.6. The lowest BCUT2D eigenvalue weighted by Gasteiger charge is -2.30. The Bertz CT molecular complexity index is 389. The Morgan fingerprint density at radius 1 is 0.792 bits per heavy atom. The van der Waals surface area contributed by atoms with Gasteiger partial charge in [-0.05, 0) is 43.6 Å². The highest BCUT2D eigenvalue weighted by Gasteiger charge is 2.23. The minimum absolute atomic E-state index is 0.0273. The molecular weight excluding hydrogens is 294 g/mol. The fourth-order valence-electron chi connectivity index (χ4n) is 4.49. The Morgan fingerprint density at radius 2 is 1.38 bits per heavy atom. The minimum Gasteiger partial charge on any atom is -0.350 e. The number of hydrogen-bond donors (Lipinski definition) is 1. The maximum Gasteiger partial charge on any atom is 0.243 e. The van der Waals surface area contributed by atoms with E-state index in [-0.39, 0.29) is 11.9 Å². The van der Waals surface area contributed by atoms with Gasteiger partial charge in [-0.1, -0.05) is 82.9 Å². The summed E-state index contributed by atoms with van der Waals surface area (Å²) in [7, 11) is 0. The van der Waals surface area contributed by atoms with E-state index in [1.165, 1.54) is 83.1 Å². The second-order valence-electron chi connectivity index (χ2n) is 7.86. The van der Waals surface area contributed by atoms with E-state index in [2.05, 4.69) is 24.0 Å². The average molecular weight is 332 g/mol. The van der Waals surface area contributed by atoms with Gasteiger partial charge < -0.3 is 5.32 Å². The molecular formula is C22H37NO. The quantitative estimate of drug-likeness (QED) is 0.503. The maximum atomic E-state index is 11.6. The molecule has 2 atom stereocenters. The summed E-state index contributed by atoms with van der Waals surface area (Å²) in [5.41, 5.74) is 0. The van der Waals surface area contributed by atoms with Crippen molar-refractivity contribution in [2.45, 2.75) is 95.9 Å². The lowest BCUT2D eigenvalue weighted by atomic mass is 9.78. The molecule has 2 rings (SSSR count). The van der Waals surface area contributed by atoms with Gasteiger partial charge in [0.05, 0.1) is 0 Å². The first-order valence-corrected chi connectivity index (χ1v) is 10.4. The molecule has 2 nitrogen and oxygen atoms in total. The van der Waals surface area contributed by atoms with Gasteiger partial charge in [0.2, 0.25) is 5.91 Å². The fraction of sp³-hybridized carbons (Fsp3) is 0.773. The third-order valence-corrected chi connectivity index (χ3v) is 6.01. The normalized spacial score (nSPS) is 29.5. The number of hydrogen-bond acceptors (Lipinski definition) is 1. The van der Waals surface area contributed by atoms with Crippen molar-refractivity contribution in [3.05, 3.63) is 24.8 Å². The number of rotatable bonds is 3. The molecule has 0 radical (unpaired) electrons. The topological polar surface area (TPSA) is 29.1 Å². The fourth-order valence-corrected chi connectivity index (χ4v) is 4.49. The van der Waals surface area contributed by atoms with Crippen LogP contribution >= 0.6 is 0 Å². The molecule has 1 unspecified atom stereocenters. The summed E-state index contributed by atoms with van der Waals surface area (Å²) >= 11 is 0. The van der Waals surface area contributed by atoms with Gasteiger partial charge in [-0.2, -0.15) is 0 Å². The predicted molar refractivity (Wildman–Crippen MR) is 103 cm³/mol. The van der Waals surface area contributed by atoms with Gasteiger partial charge in [0, 0.05) is 6.04 Å². The van der Waals surface area contributed by atoms with Crippen LogP contribution in [0.15, 0.2) is 24.8 Å². The van der Waals surface area contributed by atoms with Crippen LogP contribution in [-0.2, 0) is 4.79 Å². The Balaban J connectivity index is 1.89. The van der Waals surface area contributed by atoms with Crippen LogP contribution in [0.1, 0.15) is 89.9 Å². The molecule has 0 aromatic carbocycles. The molecule has 0 aromatic rings. The van der Waals surface area contributed by atoms with E-state index in [4.69, 9.17) is 0 Å². The molecule has 0 heterocycles. The third kappa shape index (κ3) is 7.23. The first kappa shape index (κ1) is 19.3. The zero-order valence-corrected chi connectivity index (χ0v) is 15.5. The SMILES string of the molecule is C=CC(=O)N[C@@H]1C/C=C\CC(C2CCCCCCCCCC2)CC1. The molecule has 1 saturated carbocycles. The van der Waals surface area contributed by atoms with Crippen molar-refractivity contribution in [1.82, 2.24) is 5.32 Å². The smallest absolute Gasteiger partial charge is 0.243 e. The molecule has 24 heavy (non-hydrogen) atoms. The second kappa shape index (κ2) is 11.5. The van der Waals surface area contributed by atoms with E-state index in [0.29, 0.717) is 0 Å². The van der Waals surface area contributed by atoms with Crippen LogP contribution < -0.4 is 5.32 Å². The molecule has 0 spiro atoms. The van der Waals surface area contributed by atoms with Gasteiger partial charge in [0.15, 0.2) is 0 Å². The molecule has 0 saturated heterocycles. The van der Waals surface area contributed by atoms with Gasteiger partial charge >= 0.3 is 0 Å². The molecule has 136 valence electrons. The van der Waals surface area contributed by atoms with Crippen molar-refractivity contribution < 1.29 is 4.79 Å². The van der Waals surface area contributed by atoms with Crippen molar-refractivity contribution in [2.75, 3.05) is 0 Å². The molecule has 1 amide bonds. The van der Waals surface area contributed by atoms with E-state index < -0.39 is 0 Å². The molecule has 2 heteroatoms. The standard InChI is InChI=1S/C22H37NO/c1-2-22(24)23-21-16-12-11-15-20(17-18-21)19-13-9-7-5-3-4-6-8-10-14-19/h2,11-12,19-21H,1,3-10,13-18H2,(H,23,24)/b12-11-/t20?,21-/m1/s1. The molecule has 0 aromatic heterocycles. The average Bonchev–Trinajstić information content (AvgIpc) is 2.63. The van der Waals surface area contributed by atoms with Crippen molar-refractivity contribution in [2.24, 2.45) is 11.8 Å². The Kier molecular flexibility index (Phi) is 9.23. The zero-order chi connectivity index (χ0) is 17.0. The number of nitrogens with one attached hydrogen (secondary N) is 1. The van der Waals surface area contributed by atoms with Crippen molar-refractivity contribution in [3.8, 4) is 0 Å². The van der Waals surface area contributed by atoms with Crippen LogP contribution in [-0.4, -0.2) is 11.9 Å². The lowest BCUT2D eigenvalue weighted by Crippen LogP contribution is -2.34. The van der Waals surface area contributed by atoms with E-state index in [9.17, 15) is 4.79 Å². The summed E-state index contributed by atoms with van der Waals surface area (Å²) in [6, 6.07) is 0.289. The Labute approximate surface area is 149 Å². The van der Waals surface area contributed by atoms with Crippen LogP contribution in [0.2, 0.25) is 0 Å². The Hall–Kier alpha value is -1.05. The van der Waals surface area contributed by atoms with Crippen LogP contribution in [0.25, 0.3) is 0 Å². The number of allylic oxidation sites excluding steroid dienone is 1. The summed E-state index contributed by atoms with van der Waals surface area (Å²) in [6.45, 7) is 3.57. The zero-order valence-electron chi connectivity index (χ0n) is 15.5. The van der Waals surface area contributed by atoms with Crippen molar-refractivity contribution in [3.63, 3.8) is 0 Å². The molecule has 1 fully saturated rings. The third-order valence-electron chi connectivity index (χ3n) is 6.01. The summed E-state index contributed by atoms with van der Waals surface area (Å²) in [6.07, 6.45) is 24.9. The van der Waals surface area contributed by atoms with Crippen LogP contribution in [0.5, 0.6) is 0 Å². The second-order valence-corrected chi connectivity index (χ2v) is 7.86. The molecule has 2 aliphatic rings. The largest absolute Gasteiger partial charge is 0.350 e. The van der Waals surface area contributed by atoms with E-state index >= 15 is 0 Å². The van der Waals surface area contributed by atoms with E-state index in [1.54, 1.807) is 0 Å². The first-order valence-electron chi connectivity index (χ1n) is 10.4. The monoisotopic (exact) mass is 331 g/mol. The van der Waals surface area contributed by atoms with Gasteiger partial charge in [0.1, 0.15) is 0 Å². The lowest BCUT2D eigenvalue weighted by molar-refractivity contribution is -0.117. The molecule has 1 N–H and O–H groups in total. The van der Waals surface area contributed by atoms with Crippen LogP contribution in [0.3, 0.4) is 0 Å². The van der Waals surface area contributed by atoms with Gasteiger partial charge in [-0.15, -0.1) is 0 Å². The first-order chi connectivity index (χ1) is 11.8. The minimum atomic E-state index is -0.0273.